The van der Waals surface area contributed by atoms with Gasteiger partial charge in [0.1, 0.15) is 0 Å². The molecule has 0 aromatic rings. The van der Waals surface area contributed by atoms with Crippen LogP contribution in [0.5, 0.6) is 0 Å². The lowest BCUT2D eigenvalue weighted by atomic mass is 9.88. The number of hydrogen-bond donors (Lipinski definition) is 2. The van der Waals surface area contributed by atoms with E-state index >= 15 is 0 Å². The van der Waals surface area contributed by atoms with Crippen LogP contribution in [-0.4, -0.2) is 87.9 Å². The van der Waals surface area contributed by atoms with Crippen molar-refractivity contribution < 1.29 is 4.74 Å². The van der Waals surface area contributed by atoms with Crippen molar-refractivity contribution in [2.24, 2.45) is 4.99 Å². The van der Waals surface area contributed by atoms with Crippen molar-refractivity contribution in [1.29, 1.82) is 0 Å². The molecular formula is C19H39N5O. The Labute approximate surface area is 154 Å². The minimum atomic E-state index is 0.166. The van der Waals surface area contributed by atoms with E-state index in [4.69, 9.17) is 4.74 Å². The molecule has 6 nitrogen and oxygen atoms in total. The molecule has 0 aromatic heterocycles. The van der Waals surface area contributed by atoms with E-state index in [0.29, 0.717) is 0 Å². The molecule has 0 saturated carbocycles. The van der Waals surface area contributed by atoms with Crippen LogP contribution in [0.25, 0.3) is 0 Å². The number of rotatable bonds is 7. The molecule has 2 aliphatic heterocycles. The van der Waals surface area contributed by atoms with E-state index in [1.807, 2.05) is 7.05 Å². The zero-order chi connectivity index (χ0) is 18.1. The average molecular weight is 354 g/mol. The van der Waals surface area contributed by atoms with Crippen LogP contribution >= 0.6 is 0 Å². The second kappa shape index (κ2) is 10.3. The number of ether oxygens (including phenoxy) is 1. The number of guanidine groups is 1. The van der Waals surface area contributed by atoms with E-state index in [0.717, 1.165) is 57.6 Å². The molecule has 0 radical (unpaired) electrons. The third-order valence-electron chi connectivity index (χ3n) is 6.04. The summed E-state index contributed by atoms with van der Waals surface area (Å²) in [7, 11) is 6.19. The maximum Gasteiger partial charge on any atom is 0.191 e. The van der Waals surface area contributed by atoms with Crippen molar-refractivity contribution >= 4 is 5.96 Å². The first-order chi connectivity index (χ1) is 12.1. The standard InChI is InChI=1S/C19H39N5O/c1-17-8-5-6-12-24(17)13-7-11-21-18(20-2)22-16-19(23(3)4)9-14-25-15-10-19/h17H,5-16H2,1-4H3,(H2,20,21,22). The van der Waals surface area contributed by atoms with Crippen molar-refractivity contribution in [3.8, 4) is 0 Å². The zero-order valence-electron chi connectivity index (χ0n) is 16.8. The number of aliphatic imine (C=N–C) groups is 1. The first-order valence-corrected chi connectivity index (χ1v) is 10.0. The summed E-state index contributed by atoms with van der Waals surface area (Å²) in [4.78, 5) is 9.36. The molecule has 146 valence electrons. The van der Waals surface area contributed by atoms with Crippen LogP contribution in [0.3, 0.4) is 0 Å². The van der Waals surface area contributed by atoms with Crippen LogP contribution in [0.2, 0.25) is 0 Å². The van der Waals surface area contributed by atoms with Gasteiger partial charge < -0.3 is 25.2 Å². The molecule has 0 bridgehead atoms. The maximum absolute atomic E-state index is 5.55. The zero-order valence-corrected chi connectivity index (χ0v) is 16.8. The highest BCUT2D eigenvalue weighted by molar-refractivity contribution is 5.79. The summed E-state index contributed by atoms with van der Waals surface area (Å²) < 4.78 is 5.55. The highest BCUT2D eigenvalue weighted by Crippen LogP contribution is 2.25. The predicted octanol–water partition coefficient (Wildman–Crippen LogP) is 1.53. The van der Waals surface area contributed by atoms with E-state index in [1.54, 1.807) is 0 Å². The van der Waals surface area contributed by atoms with Gasteiger partial charge >= 0.3 is 0 Å². The lowest BCUT2D eigenvalue weighted by Crippen LogP contribution is -2.57. The molecular weight excluding hydrogens is 314 g/mol. The fraction of sp³-hybridized carbons (Fsp3) is 0.947. The van der Waals surface area contributed by atoms with Crippen molar-refractivity contribution in [2.75, 3.05) is 60.5 Å². The Bertz CT molecular complexity index is 407. The highest BCUT2D eigenvalue weighted by Gasteiger charge is 2.34. The largest absolute Gasteiger partial charge is 0.381 e. The molecule has 0 amide bonds. The molecule has 25 heavy (non-hydrogen) atoms. The Morgan fingerprint density at radius 3 is 2.64 bits per heavy atom. The molecule has 0 aliphatic carbocycles. The summed E-state index contributed by atoms with van der Waals surface area (Å²) in [6, 6.07) is 0.750. The third-order valence-corrected chi connectivity index (χ3v) is 6.04. The molecule has 2 rings (SSSR count). The third kappa shape index (κ3) is 6.12. The second-order valence-electron chi connectivity index (χ2n) is 7.82. The molecule has 2 N–H and O–H groups in total. The Morgan fingerprint density at radius 1 is 1.24 bits per heavy atom. The SMILES string of the molecule is CN=C(NCCCN1CCCCC1C)NCC1(N(C)C)CCOCC1. The monoisotopic (exact) mass is 353 g/mol. The molecule has 1 atom stereocenters. The van der Waals surface area contributed by atoms with Gasteiger partial charge in [0.2, 0.25) is 0 Å². The Morgan fingerprint density at radius 2 is 2.00 bits per heavy atom. The lowest BCUT2D eigenvalue weighted by Gasteiger charge is -2.43. The Kier molecular flexibility index (Phi) is 8.46. The van der Waals surface area contributed by atoms with Crippen molar-refractivity contribution in [1.82, 2.24) is 20.4 Å². The van der Waals surface area contributed by atoms with Gasteiger partial charge in [-0.15, -0.1) is 0 Å². The molecule has 6 heteroatoms. The second-order valence-corrected chi connectivity index (χ2v) is 7.82. The van der Waals surface area contributed by atoms with Gasteiger partial charge in [-0.1, -0.05) is 6.42 Å². The Hall–Kier alpha value is -0.850. The number of nitrogens with zero attached hydrogens (tertiary/aromatic N) is 3. The number of likely N-dealkylation sites (N-methyl/N-ethyl adjacent to an activating group) is 1. The molecule has 0 spiro atoms. The van der Waals surface area contributed by atoms with Crippen molar-refractivity contribution in [2.45, 2.75) is 57.0 Å². The van der Waals surface area contributed by atoms with Crippen LogP contribution in [0.15, 0.2) is 4.99 Å². The van der Waals surface area contributed by atoms with Crippen molar-refractivity contribution in [3.05, 3.63) is 0 Å². The maximum atomic E-state index is 5.55. The predicted molar refractivity (Wildman–Crippen MR) is 105 cm³/mol. The van der Waals surface area contributed by atoms with Gasteiger partial charge in [0.05, 0.1) is 0 Å². The first-order valence-electron chi connectivity index (χ1n) is 10.0. The molecule has 2 fully saturated rings. The fourth-order valence-electron chi connectivity index (χ4n) is 3.98. The quantitative estimate of drug-likeness (QED) is 0.413. The fourth-order valence-corrected chi connectivity index (χ4v) is 3.98. The van der Waals surface area contributed by atoms with Crippen LogP contribution in [0.1, 0.15) is 45.4 Å². The van der Waals surface area contributed by atoms with Crippen LogP contribution in [0.4, 0.5) is 0 Å². The van der Waals surface area contributed by atoms with Gasteiger partial charge in [-0.05, 0) is 59.7 Å². The first kappa shape index (κ1) is 20.5. The van der Waals surface area contributed by atoms with Crippen LogP contribution in [0, 0.1) is 0 Å². The van der Waals surface area contributed by atoms with Gasteiger partial charge in [-0.3, -0.25) is 4.99 Å². The number of piperidine rings is 1. The van der Waals surface area contributed by atoms with Crippen molar-refractivity contribution in [3.63, 3.8) is 0 Å². The number of nitrogens with one attached hydrogen (secondary N) is 2. The molecule has 0 aromatic carbocycles. The van der Waals surface area contributed by atoms with E-state index in [-0.39, 0.29) is 5.54 Å². The minimum Gasteiger partial charge on any atom is -0.381 e. The Balaban J connectivity index is 1.69. The van der Waals surface area contributed by atoms with E-state index in [9.17, 15) is 0 Å². The van der Waals surface area contributed by atoms with Gasteiger partial charge in [0, 0.05) is 51.5 Å². The molecule has 2 saturated heterocycles. The number of hydrogen-bond acceptors (Lipinski definition) is 4. The van der Waals surface area contributed by atoms with Crippen LogP contribution in [-0.2, 0) is 4.74 Å². The summed E-state index contributed by atoms with van der Waals surface area (Å²) >= 11 is 0. The summed E-state index contributed by atoms with van der Waals surface area (Å²) in [5.41, 5.74) is 0.166. The summed E-state index contributed by atoms with van der Waals surface area (Å²) in [5.74, 6) is 0.916. The topological polar surface area (TPSA) is 52.1 Å². The smallest absolute Gasteiger partial charge is 0.191 e. The number of likely N-dealkylation sites (tertiary alicyclic amines) is 1. The minimum absolute atomic E-state index is 0.166. The molecule has 1 unspecified atom stereocenters. The van der Waals surface area contributed by atoms with Gasteiger partial charge in [-0.2, -0.15) is 0 Å². The van der Waals surface area contributed by atoms with Crippen LogP contribution < -0.4 is 10.6 Å². The molecule has 2 heterocycles. The van der Waals surface area contributed by atoms with Gasteiger partial charge in [0.15, 0.2) is 5.96 Å². The van der Waals surface area contributed by atoms with E-state index in [1.165, 1.54) is 32.4 Å². The summed E-state index contributed by atoms with van der Waals surface area (Å²) in [6.45, 7) is 8.39. The van der Waals surface area contributed by atoms with Gasteiger partial charge in [-0.25, -0.2) is 0 Å². The average Bonchev–Trinajstić information content (AvgIpc) is 2.63. The molecule has 2 aliphatic rings. The van der Waals surface area contributed by atoms with E-state index < -0.39 is 0 Å². The normalized spacial score (nSPS) is 25.2. The summed E-state index contributed by atoms with van der Waals surface area (Å²) in [5, 5.41) is 7.02. The van der Waals surface area contributed by atoms with E-state index in [2.05, 4.69) is 46.4 Å². The lowest BCUT2D eigenvalue weighted by molar-refractivity contribution is -0.00501. The van der Waals surface area contributed by atoms with Gasteiger partial charge in [0.25, 0.3) is 0 Å². The highest BCUT2D eigenvalue weighted by atomic mass is 16.5. The summed E-state index contributed by atoms with van der Waals surface area (Å²) in [6.07, 6.45) is 7.40.